The molecular weight excluding hydrogens is 222 g/mol. The monoisotopic (exact) mass is 247 g/mol. The molecule has 0 radical (unpaired) electrons. The molecule has 0 spiro atoms. The summed E-state index contributed by atoms with van der Waals surface area (Å²) in [6, 6.07) is 7.13. The van der Waals surface area contributed by atoms with Crippen molar-refractivity contribution >= 4 is 0 Å². The second kappa shape index (κ2) is 4.93. The second-order valence-electron chi connectivity index (χ2n) is 6.51. The fourth-order valence-corrected chi connectivity index (χ4v) is 2.69. The number of benzene rings is 1. The van der Waals surface area contributed by atoms with Gasteiger partial charge < -0.3 is 10.1 Å². The SMILES string of the molecule is COc1ccc([C@H]2C[C@H](C)CN2)cc1C(C)(C)C. The Hall–Kier alpha value is -1.02. The van der Waals surface area contributed by atoms with Crippen molar-refractivity contribution in [2.45, 2.75) is 45.6 Å². The maximum atomic E-state index is 5.49. The van der Waals surface area contributed by atoms with Gasteiger partial charge in [0.2, 0.25) is 0 Å². The van der Waals surface area contributed by atoms with Crippen molar-refractivity contribution in [1.29, 1.82) is 0 Å². The molecular formula is C16H25NO. The minimum Gasteiger partial charge on any atom is -0.496 e. The number of rotatable bonds is 2. The van der Waals surface area contributed by atoms with Crippen molar-refractivity contribution in [3.05, 3.63) is 29.3 Å². The third-order valence-electron chi connectivity index (χ3n) is 3.78. The average Bonchev–Trinajstić information content (AvgIpc) is 2.74. The number of hydrogen-bond donors (Lipinski definition) is 1. The second-order valence-corrected chi connectivity index (χ2v) is 6.51. The van der Waals surface area contributed by atoms with E-state index >= 15 is 0 Å². The lowest BCUT2D eigenvalue weighted by atomic mass is 9.84. The van der Waals surface area contributed by atoms with Crippen LogP contribution in [0.5, 0.6) is 5.75 Å². The fraction of sp³-hybridized carbons (Fsp3) is 0.625. The number of ether oxygens (including phenoxy) is 1. The molecule has 2 rings (SSSR count). The van der Waals surface area contributed by atoms with Gasteiger partial charge in [0.05, 0.1) is 7.11 Å². The number of methoxy groups -OCH3 is 1. The van der Waals surface area contributed by atoms with Crippen molar-refractivity contribution in [3.8, 4) is 5.75 Å². The predicted octanol–water partition coefficient (Wildman–Crippen LogP) is 3.66. The van der Waals surface area contributed by atoms with Gasteiger partial charge in [0.15, 0.2) is 0 Å². The lowest BCUT2D eigenvalue weighted by molar-refractivity contribution is 0.397. The van der Waals surface area contributed by atoms with Crippen LogP contribution in [0.15, 0.2) is 18.2 Å². The van der Waals surface area contributed by atoms with Crippen LogP contribution in [0.2, 0.25) is 0 Å². The highest BCUT2D eigenvalue weighted by Crippen LogP contribution is 2.35. The summed E-state index contributed by atoms with van der Waals surface area (Å²) in [6.07, 6.45) is 1.23. The fourth-order valence-electron chi connectivity index (χ4n) is 2.69. The molecule has 1 aliphatic heterocycles. The van der Waals surface area contributed by atoms with Gasteiger partial charge >= 0.3 is 0 Å². The van der Waals surface area contributed by atoms with E-state index in [4.69, 9.17) is 4.74 Å². The predicted molar refractivity (Wildman–Crippen MR) is 76.2 cm³/mol. The van der Waals surface area contributed by atoms with Crippen LogP contribution in [-0.2, 0) is 5.41 Å². The van der Waals surface area contributed by atoms with Gasteiger partial charge in [-0.2, -0.15) is 0 Å². The Labute approximate surface area is 111 Å². The molecule has 0 aliphatic carbocycles. The van der Waals surface area contributed by atoms with Gasteiger partial charge in [-0.3, -0.25) is 0 Å². The molecule has 0 saturated carbocycles. The van der Waals surface area contributed by atoms with E-state index in [-0.39, 0.29) is 5.41 Å². The Morgan fingerprint density at radius 3 is 2.50 bits per heavy atom. The average molecular weight is 247 g/mol. The third kappa shape index (κ3) is 2.69. The number of hydrogen-bond acceptors (Lipinski definition) is 2. The van der Waals surface area contributed by atoms with Crippen molar-refractivity contribution in [2.24, 2.45) is 5.92 Å². The number of nitrogens with one attached hydrogen (secondary N) is 1. The van der Waals surface area contributed by atoms with Crippen LogP contribution in [0.25, 0.3) is 0 Å². The normalized spacial score (nSPS) is 24.3. The van der Waals surface area contributed by atoms with E-state index in [0.29, 0.717) is 6.04 Å². The molecule has 0 aromatic heterocycles. The summed E-state index contributed by atoms with van der Waals surface area (Å²) in [5, 5.41) is 3.60. The summed E-state index contributed by atoms with van der Waals surface area (Å²) in [4.78, 5) is 0. The molecule has 18 heavy (non-hydrogen) atoms. The van der Waals surface area contributed by atoms with E-state index in [9.17, 15) is 0 Å². The Kier molecular flexibility index (Phi) is 3.67. The van der Waals surface area contributed by atoms with E-state index in [0.717, 1.165) is 18.2 Å². The molecule has 1 heterocycles. The van der Waals surface area contributed by atoms with E-state index in [1.807, 2.05) is 0 Å². The molecule has 100 valence electrons. The standard InChI is InChI=1S/C16H25NO/c1-11-8-14(17-10-11)12-6-7-15(18-5)13(9-12)16(2,3)4/h6-7,9,11,14,17H,8,10H2,1-5H3/t11-,14+/m0/s1. The molecule has 1 aromatic rings. The minimum atomic E-state index is 0.117. The Balaban J connectivity index is 2.34. The van der Waals surface area contributed by atoms with Crippen molar-refractivity contribution in [2.75, 3.05) is 13.7 Å². The lowest BCUT2D eigenvalue weighted by Gasteiger charge is -2.24. The van der Waals surface area contributed by atoms with Crippen LogP contribution < -0.4 is 10.1 Å². The zero-order valence-corrected chi connectivity index (χ0v) is 12.2. The first-order valence-electron chi connectivity index (χ1n) is 6.83. The largest absolute Gasteiger partial charge is 0.496 e. The molecule has 0 amide bonds. The van der Waals surface area contributed by atoms with Gasteiger partial charge in [-0.05, 0) is 41.5 Å². The van der Waals surface area contributed by atoms with Crippen molar-refractivity contribution in [3.63, 3.8) is 0 Å². The first-order chi connectivity index (χ1) is 8.41. The Morgan fingerprint density at radius 2 is 2.00 bits per heavy atom. The smallest absolute Gasteiger partial charge is 0.122 e. The highest BCUT2D eigenvalue weighted by atomic mass is 16.5. The van der Waals surface area contributed by atoms with Crippen LogP contribution in [0.4, 0.5) is 0 Å². The summed E-state index contributed by atoms with van der Waals surface area (Å²) in [6.45, 7) is 10.1. The topological polar surface area (TPSA) is 21.3 Å². The van der Waals surface area contributed by atoms with Crippen LogP contribution in [0.3, 0.4) is 0 Å². The molecule has 1 aromatic carbocycles. The van der Waals surface area contributed by atoms with Crippen LogP contribution in [-0.4, -0.2) is 13.7 Å². The van der Waals surface area contributed by atoms with E-state index in [1.54, 1.807) is 7.11 Å². The first-order valence-corrected chi connectivity index (χ1v) is 6.83. The molecule has 2 atom stereocenters. The molecule has 1 saturated heterocycles. The zero-order valence-electron chi connectivity index (χ0n) is 12.2. The quantitative estimate of drug-likeness (QED) is 0.861. The molecule has 2 nitrogen and oxygen atoms in total. The zero-order chi connectivity index (χ0) is 13.3. The van der Waals surface area contributed by atoms with Crippen LogP contribution in [0.1, 0.15) is 51.3 Å². The van der Waals surface area contributed by atoms with E-state index in [1.165, 1.54) is 17.5 Å². The first kappa shape index (κ1) is 13.4. The molecule has 1 aliphatic rings. The minimum absolute atomic E-state index is 0.117. The van der Waals surface area contributed by atoms with Gasteiger partial charge in [0, 0.05) is 6.04 Å². The maximum absolute atomic E-state index is 5.49. The summed E-state index contributed by atoms with van der Waals surface area (Å²) in [5.74, 6) is 1.77. The van der Waals surface area contributed by atoms with Crippen molar-refractivity contribution in [1.82, 2.24) is 5.32 Å². The molecule has 0 unspecified atom stereocenters. The molecule has 1 fully saturated rings. The van der Waals surface area contributed by atoms with Crippen LogP contribution >= 0.6 is 0 Å². The summed E-state index contributed by atoms with van der Waals surface area (Å²) in [5.41, 5.74) is 2.81. The highest BCUT2D eigenvalue weighted by molar-refractivity contribution is 5.42. The van der Waals surface area contributed by atoms with Crippen LogP contribution in [0, 0.1) is 5.92 Å². The van der Waals surface area contributed by atoms with Gasteiger partial charge in [-0.25, -0.2) is 0 Å². The highest BCUT2D eigenvalue weighted by Gasteiger charge is 2.25. The summed E-state index contributed by atoms with van der Waals surface area (Å²) >= 11 is 0. The van der Waals surface area contributed by atoms with Gasteiger partial charge in [0.25, 0.3) is 0 Å². The van der Waals surface area contributed by atoms with E-state index in [2.05, 4.69) is 51.2 Å². The lowest BCUT2D eigenvalue weighted by Crippen LogP contribution is -2.17. The van der Waals surface area contributed by atoms with Gasteiger partial charge in [-0.1, -0.05) is 39.8 Å². The summed E-state index contributed by atoms with van der Waals surface area (Å²) in [7, 11) is 1.75. The van der Waals surface area contributed by atoms with Gasteiger partial charge in [-0.15, -0.1) is 0 Å². The molecule has 1 N–H and O–H groups in total. The third-order valence-corrected chi connectivity index (χ3v) is 3.78. The molecule has 0 bridgehead atoms. The molecule has 2 heteroatoms. The Morgan fingerprint density at radius 1 is 1.28 bits per heavy atom. The van der Waals surface area contributed by atoms with E-state index < -0.39 is 0 Å². The van der Waals surface area contributed by atoms with Gasteiger partial charge in [0.1, 0.15) is 5.75 Å². The maximum Gasteiger partial charge on any atom is 0.122 e. The Bertz CT molecular complexity index is 420. The summed E-state index contributed by atoms with van der Waals surface area (Å²) < 4.78 is 5.49. The van der Waals surface area contributed by atoms with Crippen molar-refractivity contribution < 1.29 is 4.74 Å².